The molecule has 0 saturated heterocycles. The third kappa shape index (κ3) is 2.56. The number of rotatable bonds is 5. The lowest BCUT2D eigenvalue weighted by molar-refractivity contribution is -0.384. The Bertz CT molecular complexity index is 680. The molecule has 2 aromatic heterocycles. The predicted octanol–water partition coefficient (Wildman–Crippen LogP) is 2.18. The molecule has 0 aliphatic rings. The summed E-state index contributed by atoms with van der Waals surface area (Å²) in [5, 5.41) is 18.7. The lowest BCUT2D eigenvalue weighted by Gasteiger charge is -2.08. The Balaban J connectivity index is 2.69. The topological polar surface area (TPSA) is 98.8 Å². The van der Waals surface area contributed by atoms with Crippen LogP contribution in [0.3, 0.4) is 0 Å². The molecule has 0 bridgehead atoms. The fraction of sp³-hybridized carbons (Fsp3) is 0.462. The highest BCUT2D eigenvalue weighted by Gasteiger charge is 2.26. The van der Waals surface area contributed by atoms with E-state index < -0.39 is 4.92 Å². The zero-order valence-electron chi connectivity index (χ0n) is 12.5. The van der Waals surface area contributed by atoms with Gasteiger partial charge in [0.1, 0.15) is 6.33 Å². The van der Waals surface area contributed by atoms with Crippen LogP contribution in [0.4, 0.5) is 11.5 Å². The van der Waals surface area contributed by atoms with Crippen LogP contribution in [0.1, 0.15) is 30.8 Å². The highest BCUT2D eigenvalue weighted by atomic mass is 16.6. The first-order valence-corrected chi connectivity index (χ1v) is 6.79. The Morgan fingerprint density at radius 1 is 1.33 bits per heavy atom. The van der Waals surface area contributed by atoms with Gasteiger partial charge >= 0.3 is 5.69 Å². The Labute approximate surface area is 122 Å². The molecule has 8 nitrogen and oxygen atoms in total. The van der Waals surface area contributed by atoms with Crippen molar-refractivity contribution in [2.45, 2.75) is 34.1 Å². The molecule has 112 valence electrons. The molecule has 0 amide bonds. The minimum Gasteiger partial charge on any atom is -0.364 e. The van der Waals surface area contributed by atoms with Gasteiger partial charge in [-0.25, -0.2) is 14.6 Å². The maximum absolute atomic E-state index is 11.4. The van der Waals surface area contributed by atoms with Gasteiger partial charge in [0, 0.05) is 12.2 Å². The van der Waals surface area contributed by atoms with Crippen LogP contribution in [0.25, 0.3) is 5.82 Å². The monoisotopic (exact) mass is 290 g/mol. The zero-order chi connectivity index (χ0) is 15.6. The van der Waals surface area contributed by atoms with Gasteiger partial charge in [-0.15, -0.1) is 0 Å². The van der Waals surface area contributed by atoms with Crippen molar-refractivity contribution in [3.63, 3.8) is 0 Å². The fourth-order valence-electron chi connectivity index (χ4n) is 2.38. The Hall–Kier alpha value is -2.51. The van der Waals surface area contributed by atoms with E-state index in [4.69, 9.17) is 0 Å². The Morgan fingerprint density at radius 2 is 2.05 bits per heavy atom. The second-order valence-corrected chi connectivity index (χ2v) is 4.60. The van der Waals surface area contributed by atoms with Crippen LogP contribution >= 0.6 is 0 Å². The van der Waals surface area contributed by atoms with Crippen molar-refractivity contribution in [1.29, 1.82) is 0 Å². The van der Waals surface area contributed by atoms with E-state index in [1.807, 2.05) is 27.7 Å². The van der Waals surface area contributed by atoms with E-state index in [1.54, 1.807) is 0 Å². The molecule has 21 heavy (non-hydrogen) atoms. The van der Waals surface area contributed by atoms with Gasteiger partial charge < -0.3 is 5.32 Å². The summed E-state index contributed by atoms with van der Waals surface area (Å²) in [6, 6.07) is 0. The van der Waals surface area contributed by atoms with Crippen LogP contribution in [0.15, 0.2) is 6.33 Å². The highest BCUT2D eigenvalue weighted by Crippen LogP contribution is 2.29. The van der Waals surface area contributed by atoms with E-state index in [0.717, 1.165) is 23.4 Å². The summed E-state index contributed by atoms with van der Waals surface area (Å²) >= 11 is 0. The van der Waals surface area contributed by atoms with Crippen LogP contribution in [0, 0.1) is 24.0 Å². The number of nitro groups is 1. The molecule has 0 aliphatic carbocycles. The van der Waals surface area contributed by atoms with Gasteiger partial charge in [0.25, 0.3) is 0 Å². The summed E-state index contributed by atoms with van der Waals surface area (Å²) in [5.41, 5.74) is 2.63. The molecule has 8 heteroatoms. The van der Waals surface area contributed by atoms with E-state index >= 15 is 0 Å². The maximum Gasteiger partial charge on any atom is 0.355 e. The molecule has 0 atom stereocenters. The predicted molar refractivity (Wildman–Crippen MR) is 78.8 cm³/mol. The van der Waals surface area contributed by atoms with E-state index in [2.05, 4.69) is 20.4 Å². The van der Waals surface area contributed by atoms with Gasteiger partial charge in [0.05, 0.1) is 10.6 Å². The third-order valence-corrected chi connectivity index (χ3v) is 3.33. The molecule has 0 fully saturated rings. The maximum atomic E-state index is 11.4. The average molecular weight is 290 g/mol. The molecule has 0 unspecified atom stereocenters. The summed E-state index contributed by atoms with van der Waals surface area (Å²) in [7, 11) is 0. The Morgan fingerprint density at radius 3 is 2.57 bits per heavy atom. The van der Waals surface area contributed by atoms with Crippen LogP contribution in [0.5, 0.6) is 0 Å². The molecular formula is C13H18N6O2. The first kappa shape index (κ1) is 14.9. The summed E-state index contributed by atoms with van der Waals surface area (Å²) in [6.45, 7) is 8.19. The SMILES string of the molecule is CCNc1ncnc(-n2nc(C)c(CC)c2C)c1[N+](=O)[O-]. The van der Waals surface area contributed by atoms with Gasteiger partial charge in [-0.05, 0) is 32.8 Å². The van der Waals surface area contributed by atoms with E-state index in [9.17, 15) is 10.1 Å². The van der Waals surface area contributed by atoms with E-state index in [1.165, 1.54) is 11.0 Å². The molecule has 2 aromatic rings. The Kier molecular flexibility index (Phi) is 4.15. The quantitative estimate of drug-likeness (QED) is 0.669. The van der Waals surface area contributed by atoms with Crippen molar-refractivity contribution < 1.29 is 4.92 Å². The summed E-state index contributed by atoms with van der Waals surface area (Å²) in [4.78, 5) is 19.0. The fourth-order valence-corrected chi connectivity index (χ4v) is 2.38. The van der Waals surface area contributed by atoms with Crippen molar-refractivity contribution in [2.75, 3.05) is 11.9 Å². The summed E-state index contributed by atoms with van der Waals surface area (Å²) in [6.07, 6.45) is 2.12. The lowest BCUT2D eigenvalue weighted by Crippen LogP contribution is -2.11. The van der Waals surface area contributed by atoms with E-state index in [0.29, 0.717) is 6.54 Å². The van der Waals surface area contributed by atoms with Gasteiger partial charge in [-0.3, -0.25) is 10.1 Å². The molecule has 0 spiro atoms. The number of anilines is 1. The smallest absolute Gasteiger partial charge is 0.355 e. The number of aryl methyl sites for hydroxylation is 1. The molecular weight excluding hydrogens is 272 g/mol. The van der Waals surface area contributed by atoms with Crippen LogP contribution < -0.4 is 5.32 Å². The minimum absolute atomic E-state index is 0.160. The first-order valence-electron chi connectivity index (χ1n) is 6.79. The van der Waals surface area contributed by atoms with Gasteiger partial charge in [-0.2, -0.15) is 5.10 Å². The number of nitrogens with one attached hydrogen (secondary N) is 1. The lowest BCUT2D eigenvalue weighted by atomic mass is 10.1. The molecule has 2 heterocycles. The largest absolute Gasteiger partial charge is 0.364 e. The van der Waals surface area contributed by atoms with Crippen molar-refractivity contribution in [1.82, 2.24) is 19.7 Å². The van der Waals surface area contributed by atoms with Crippen molar-refractivity contribution >= 4 is 11.5 Å². The normalized spacial score (nSPS) is 10.7. The van der Waals surface area contributed by atoms with Crippen LogP contribution in [0.2, 0.25) is 0 Å². The number of aromatic nitrogens is 4. The van der Waals surface area contributed by atoms with E-state index in [-0.39, 0.29) is 17.3 Å². The highest BCUT2D eigenvalue weighted by molar-refractivity contribution is 5.64. The second kappa shape index (κ2) is 5.86. The molecule has 0 radical (unpaired) electrons. The van der Waals surface area contributed by atoms with Crippen molar-refractivity contribution in [2.24, 2.45) is 0 Å². The van der Waals surface area contributed by atoms with Crippen LogP contribution in [-0.4, -0.2) is 31.2 Å². The van der Waals surface area contributed by atoms with Gasteiger partial charge in [-0.1, -0.05) is 6.92 Å². The molecule has 1 N–H and O–H groups in total. The third-order valence-electron chi connectivity index (χ3n) is 3.33. The second-order valence-electron chi connectivity index (χ2n) is 4.60. The summed E-state index contributed by atoms with van der Waals surface area (Å²) in [5.74, 6) is 0.393. The molecule has 0 aliphatic heterocycles. The average Bonchev–Trinajstić information content (AvgIpc) is 2.73. The van der Waals surface area contributed by atoms with Gasteiger partial charge in [0.2, 0.25) is 11.6 Å². The standard InChI is InChI=1S/C13H18N6O2/c1-5-10-8(3)17-18(9(10)4)13-11(19(20)21)12(14-6-2)15-7-16-13/h7H,5-6H2,1-4H3,(H,14,15,16). The first-order chi connectivity index (χ1) is 10.0. The molecule has 0 aromatic carbocycles. The van der Waals surface area contributed by atoms with Gasteiger partial charge in [0.15, 0.2) is 0 Å². The number of nitrogens with zero attached hydrogens (tertiary/aromatic N) is 5. The van der Waals surface area contributed by atoms with Crippen LogP contribution in [-0.2, 0) is 6.42 Å². The van der Waals surface area contributed by atoms with Crippen molar-refractivity contribution in [3.8, 4) is 5.82 Å². The molecule has 0 saturated carbocycles. The van der Waals surface area contributed by atoms with Crippen molar-refractivity contribution in [3.05, 3.63) is 33.4 Å². The number of hydrogen-bond acceptors (Lipinski definition) is 6. The zero-order valence-corrected chi connectivity index (χ0v) is 12.5. The number of hydrogen-bond donors (Lipinski definition) is 1. The minimum atomic E-state index is -0.477. The summed E-state index contributed by atoms with van der Waals surface area (Å²) < 4.78 is 1.52. The molecule has 2 rings (SSSR count).